The molecule has 0 aliphatic carbocycles. The van der Waals surface area contributed by atoms with Gasteiger partial charge in [-0.05, 0) is 36.4 Å². The maximum Gasteiger partial charge on any atom is 0.265 e. The van der Waals surface area contributed by atoms with Crippen molar-refractivity contribution >= 4 is 34.0 Å². The molecule has 0 unspecified atom stereocenters. The number of phenolic OH excluding ortho intramolecular Hbond substituents is 1. The van der Waals surface area contributed by atoms with Gasteiger partial charge in [-0.2, -0.15) is 0 Å². The summed E-state index contributed by atoms with van der Waals surface area (Å²) in [6.07, 6.45) is 0. The summed E-state index contributed by atoms with van der Waals surface area (Å²) in [4.78, 5) is 27.6. The predicted octanol–water partition coefficient (Wildman–Crippen LogP) is 4.96. The Kier molecular flexibility index (Phi) is 4.21. The highest BCUT2D eigenvalue weighted by Gasteiger charge is 2.34. The van der Waals surface area contributed by atoms with Crippen LogP contribution in [0.4, 0.5) is 11.4 Å². The van der Waals surface area contributed by atoms with E-state index in [1.54, 1.807) is 48.5 Å². The molecule has 2 N–H and O–H groups in total. The van der Waals surface area contributed by atoms with Crippen LogP contribution in [0, 0.1) is 0 Å². The van der Waals surface area contributed by atoms with E-state index in [0.29, 0.717) is 28.7 Å². The van der Waals surface area contributed by atoms with Crippen LogP contribution in [0.5, 0.6) is 5.75 Å². The van der Waals surface area contributed by atoms with Gasteiger partial charge in [0, 0.05) is 39.7 Å². The van der Waals surface area contributed by atoms with E-state index in [0.717, 1.165) is 16.6 Å². The number of carbonyl (C=O) groups excluding carboxylic acids is 2. The van der Waals surface area contributed by atoms with Crippen molar-refractivity contribution < 1.29 is 14.7 Å². The number of rotatable bonds is 4. The molecule has 0 atom stereocenters. The Morgan fingerprint density at radius 2 is 1.43 bits per heavy atom. The third-order valence-corrected chi connectivity index (χ3v) is 5.38. The van der Waals surface area contributed by atoms with Crippen molar-refractivity contribution in [3.05, 3.63) is 102 Å². The van der Waals surface area contributed by atoms with Gasteiger partial charge in [0.05, 0.1) is 5.69 Å². The number of nitrogens with zero attached hydrogens (tertiary/aromatic N) is 1. The lowest BCUT2D eigenvalue weighted by Gasteiger charge is -2.28. The second-order valence-corrected chi connectivity index (χ2v) is 7.15. The second-order valence-electron chi connectivity index (χ2n) is 7.15. The fourth-order valence-electron chi connectivity index (χ4n) is 3.91. The Hall–Kier alpha value is -4.12. The number of carbonyl (C=O) groups is 2. The minimum Gasteiger partial charge on any atom is -0.508 e. The largest absolute Gasteiger partial charge is 0.508 e. The summed E-state index contributed by atoms with van der Waals surface area (Å²) in [5.74, 6) is -0.444. The SMILES string of the molecule is O=C1c2cccc3c(NCc4ccccc4O)ccc(c23)C(=O)N1c1ccccc1. The van der Waals surface area contributed by atoms with Crippen LogP contribution in [-0.2, 0) is 6.54 Å². The zero-order valence-corrected chi connectivity index (χ0v) is 16.0. The van der Waals surface area contributed by atoms with Crippen LogP contribution in [0.25, 0.3) is 10.8 Å². The summed E-state index contributed by atoms with van der Waals surface area (Å²) < 4.78 is 0. The number of hydrogen-bond acceptors (Lipinski definition) is 4. The number of hydrogen-bond donors (Lipinski definition) is 2. The number of amides is 2. The molecule has 1 heterocycles. The van der Waals surface area contributed by atoms with Crippen molar-refractivity contribution in [1.82, 2.24) is 0 Å². The summed E-state index contributed by atoms with van der Waals surface area (Å²) in [5, 5.41) is 14.8. The van der Waals surface area contributed by atoms with E-state index in [4.69, 9.17) is 0 Å². The van der Waals surface area contributed by atoms with Gasteiger partial charge in [0.15, 0.2) is 0 Å². The molecule has 2 amide bonds. The van der Waals surface area contributed by atoms with E-state index in [9.17, 15) is 14.7 Å². The molecule has 4 aromatic carbocycles. The monoisotopic (exact) mass is 394 g/mol. The Balaban J connectivity index is 1.58. The number of phenols is 1. The van der Waals surface area contributed by atoms with Gasteiger partial charge < -0.3 is 10.4 Å². The fraction of sp³-hybridized carbons (Fsp3) is 0.0400. The van der Waals surface area contributed by atoms with Gasteiger partial charge in [-0.1, -0.05) is 48.5 Å². The minimum absolute atomic E-state index is 0.219. The van der Waals surface area contributed by atoms with Crippen LogP contribution >= 0.6 is 0 Å². The standard InChI is InChI=1S/C25H18N2O3/c28-22-12-5-4-7-16(22)15-26-21-14-13-20-23-18(21)10-6-11-19(23)24(29)27(25(20)30)17-8-2-1-3-9-17/h1-14,26,28H,15H2. The summed E-state index contributed by atoms with van der Waals surface area (Å²) in [5.41, 5.74) is 3.11. The molecule has 0 saturated carbocycles. The predicted molar refractivity (Wildman–Crippen MR) is 117 cm³/mol. The van der Waals surface area contributed by atoms with Crippen LogP contribution in [0.2, 0.25) is 0 Å². The van der Waals surface area contributed by atoms with Gasteiger partial charge in [-0.3, -0.25) is 9.59 Å². The first-order chi connectivity index (χ1) is 14.6. The van der Waals surface area contributed by atoms with Gasteiger partial charge in [-0.25, -0.2) is 4.90 Å². The van der Waals surface area contributed by atoms with E-state index in [1.165, 1.54) is 4.90 Å². The number of anilines is 2. The lowest BCUT2D eigenvalue weighted by Crippen LogP contribution is -2.40. The molecule has 4 aromatic rings. The molecule has 0 spiro atoms. The van der Waals surface area contributed by atoms with Gasteiger partial charge >= 0.3 is 0 Å². The van der Waals surface area contributed by atoms with Crippen LogP contribution in [0.3, 0.4) is 0 Å². The molecular weight excluding hydrogens is 376 g/mol. The van der Waals surface area contributed by atoms with E-state index in [-0.39, 0.29) is 17.6 Å². The zero-order chi connectivity index (χ0) is 20.7. The molecular formula is C25H18N2O3. The number of imide groups is 1. The van der Waals surface area contributed by atoms with Crippen molar-refractivity contribution in [2.24, 2.45) is 0 Å². The maximum absolute atomic E-state index is 13.2. The number of benzene rings is 4. The zero-order valence-electron chi connectivity index (χ0n) is 16.0. The van der Waals surface area contributed by atoms with E-state index >= 15 is 0 Å². The maximum atomic E-state index is 13.2. The van der Waals surface area contributed by atoms with E-state index in [1.807, 2.05) is 36.4 Å². The van der Waals surface area contributed by atoms with E-state index in [2.05, 4.69) is 5.32 Å². The molecule has 0 bridgehead atoms. The van der Waals surface area contributed by atoms with Crippen LogP contribution in [0.1, 0.15) is 26.3 Å². The van der Waals surface area contributed by atoms with Crippen LogP contribution in [-0.4, -0.2) is 16.9 Å². The van der Waals surface area contributed by atoms with Crippen LogP contribution < -0.4 is 10.2 Å². The van der Waals surface area contributed by atoms with Gasteiger partial charge in [-0.15, -0.1) is 0 Å². The Morgan fingerprint density at radius 1 is 0.733 bits per heavy atom. The van der Waals surface area contributed by atoms with Crippen molar-refractivity contribution in [3.8, 4) is 5.75 Å². The molecule has 5 rings (SSSR count). The lowest BCUT2D eigenvalue weighted by atomic mass is 9.92. The van der Waals surface area contributed by atoms with Crippen LogP contribution in [0.15, 0.2) is 84.9 Å². The first-order valence-corrected chi connectivity index (χ1v) is 9.65. The number of nitrogens with one attached hydrogen (secondary N) is 1. The van der Waals surface area contributed by atoms with Gasteiger partial charge in [0.25, 0.3) is 11.8 Å². The molecule has 0 saturated heterocycles. The highest BCUT2D eigenvalue weighted by Crippen LogP contribution is 2.36. The summed E-state index contributed by atoms with van der Waals surface area (Å²) in [6, 6.07) is 25.2. The van der Waals surface area contributed by atoms with Gasteiger partial charge in [0.1, 0.15) is 5.75 Å². The molecule has 0 aromatic heterocycles. The Labute approximate surface area is 173 Å². The number of aromatic hydroxyl groups is 1. The Bertz CT molecular complexity index is 1280. The molecule has 146 valence electrons. The topological polar surface area (TPSA) is 69.6 Å². The molecule has 30 heavy (non-hydrogen) atoms. The highest BCUT2D eigenvalue weighted by molar-refractivity contribution is 6.36. The minimum atomic E-state index is -0.331. The van der Waals surface area contributed by atoms with Crippen molar-refractivity contribution in [1.29, 1.82) is 0 Å². The third-order valence-electron chi connectivity index (χ3n) is 5.38. The molecule has 1 aliphatic heterocycles. The third kappa shape index (κ3) is 2.79. The van der Waals surface area contributed by atoms with Crippen molar-refractivity contribution in [3.63, 3.8) is 0 Å². The summed E-state index contributed by atoms with van der Waals surface area (Å²) in [7, 11) is 0. The highest BCUT2D eigenvalue weighted by atomic mass is 16.3. The normalized spacial score (nSPS) is 13.0. The first kappa shape index (κ1) is 17.9. The molecule has 0 fully saturated rings. The molecule has 0 radical (unpaired) electrons. The van der Waals surface area contributed by atoms with Crippen molar-refractivity contribution in [2.75, 3.05) is 10.2 Å². The molecule has 1 aliphatic rings. The second kappa shape index (κ2) is 7.04. The van der Waals surface area contributed by atoms with E-state index < -0.39 is 0 Å². The van der Waals surface area contributed by atoms with Gasteiger partial charge in [0.2, 0.25) is 0 Å². The van der Waals surface area contributed by atoms with Crippen molar-refractivity contribution in [2.45, 2.75) is 6.54 Å². The fourth-order valence-corrected chi connectivity index (χ4v) is 3.91. The number of para-hydroxylation sites is 2. The average molecular weight is 394 g/mol. The average Bonchev–Trinajstić information content (AvgIpc) is 2.78. The lowest BCUT2D eigenvalue weighted by molar-refractivity contribution is 0.0893. The summed E-state index contributed by atoms with van der Waals surface area (Å²) in [6.45, 7) is 0.420. The molecule has 5 nitrogen and oxygen atoms in total. The first-order valence-electron chi connectivity index (χ1n) is 9.65. The molecule has 5 heteroatoms. The quantitative estimate of drug-likeness (QED) is 0.480. The summed E-state index contributed by atoms with van der Waals surface area (Å²) >= 11 is 0. The smallest absolute Gasteiger partial charge is 0.265 e. The Morgan fingerprint density at radius 3 is 2.20 bits per heavy atom.